The SMILES string of the molecule is COc1c(F)cccc1Nc1c(-c2ccnc3ccc(OC4COC4)nc23)[nH]c2c1C(=O)OCC2. The van der Waals surface area contributed by atoms with Gasteiger partial charge in [-0.1, -0.05) is 6.07 Å². The van der Waals surface area contributed by atoms with Crippen molar-refractivity contribution in [2.45, 2.75) is 12.5 Å². The number of esters is 1. The average Bonchev–Trinajstić information content (AvgIpc) is 3.20. The predicted molar refractivity (Wildman–Crippen MR) is 125 cm³/mol. The maximum atomic E-state index is 14.4. The van der Waals surface area contributed by atoms with Gasteiger partial charge in [0.1, 0.15) is 17.2 Å². The molecule has 1 fully saturated rings. The number of hydrogen-bond donors (Lipinski definition) is 2. The number of para-hydroxylation sites is 1. The third kappa shape index (κ3) is 3.71. The molecule has 0 unspecified atom stereocenters. The van der Waals surface area contributed by atoms with Crippen molar-refractivity contribution in [3.8, 4) is 22.9 Å². The Kier molecular flexibility index (Phi) is 5.22. The van der Waals surface area contributed by atoms with E-state index in [1.54, 1.807) is 24.4 Å². The third-order valence-corrected chi connectivity index (χ3v) is 6.02. The molecule has 35 heavy (non-hydrogen) atoms. The van der Waals surface area contributed by atoms with Gasteiger partial charge in [0.15, 0.2) is 11.6 Å². The summed E-state index contributed by atoms with van der Waals surface area (Å²) in [5, 5.41) is 3.21. The number of rotatable bonds is 6. The largest absolute Gasteiger partial charge is 0.492 e. The van der Waals surface area contributed by atoms with E-state index < -0.39 is 11.8 Å². The van der Waals surface area contributed by atoms with Gasteiger partial charge < -0.3 is 29.2 Å². The van der Waals surface area contributed by atoms with Gasteiger partial charge in [-0.05, 0) is 24.3 Å². The van der Waals surface area contributed by atoms with Crippen LogP contribution in [0.2, 0.25) is 0 Å². The molecule has 0 bridgehead atoms. The second kappa shape index (κ2) is 8.55. The Morgan fingerprint density at radius 3 is 2.89 bits per heavy atom. The van der Waals surface area contributed by atoms with E-state index >= 15 is 0 Å². The Morgan fingerprint density at radius 1 is 1.20 bits per heavy atom. The molecule has 0 amide bonds. The first-order valence-electron chi connectivity index (χ1n) is 11.1. The lowest BCUT2D eigenvalue weighted by Crippen LogP contribution is -2.38. The highest BCUT2D eigenvalue weighted by molar-refractivity contribution is 6.06. The van der Waals surface area contributed by atoms with Gasteiger partial charge >= 0.3 is 5.97 Å². The second-order valence-corrected chi connectivity index (χ2v) is 8.21. The van der Waals surface area contributed by atoms with Crippen molar-refractivity contribution < 1.29 is 28.1 Å². The van der Waals surface area contributed by atoms with Gasteiger partial charge in [-0.3, -0.25) is 4.98 Å². The number of cyclic esters (lactones) is 1. The van der Waals surface area contributed by atoms with Crippen LogP contribution in [0.1, 0.15) is 16.1 Å². The molecule has 9 nitrogen and oxygen atoms in total. The monoisotopic (exact) mass is 476 g/mol. The van der Waals surface area contributed by atoms with Crippen molar-refractivity contribution >= 4 is 28.4 Å². The molecule has 0 saturated carbocycles. The Bertz CT molecular complexity index is 1450. The quantitative estimate of drug-likeness (QED) is 0.402. The van der Waals surface area contributed by atoms with Crippen LogP contribution in [0.25, 0.3) is 22.3 Å². The summed E-state index contributed by atoms with van der Waals surface area (Å²) < 4.78 is 36.1. The number of H-pyrrole nitrogens is 1. The molecule has 5 heterocycles. The van der Waals surface area contributed by atoms with Crippen LogP contribution in [0, 0.1) is 5.82 Å². The van der Waals surface area contributed by atoms with Crippen LogP contribution in [0.5, 0.6) is 11.6 Å². The number of pyridine rings is 2. The number of methoxy groups -OCH3 is 1. The Labute approximate surface area is 199 Å². The van der Waals surface area contributed by atoms with Gasteiger partial charge in [0.05, 0.1) is 49.5 Å². The molecule has 1 aromatic carbocycles. The van der Waals surface area contributed by atoms with E-state index in [0.717, 1.165) is 5.69 Å². The molecule has 2 aliphatic heterocycles. The summed E-state index contributed by atoms with van der Waals surface area (Å²) in [5.74, 6) is -0.499. The summed E-state index contributed by atoms with van der Waals surface area (Å²) in [6.07, 6.45) is 2.15. The number of nitrogens with one attached hydrogen (secondary N) is 2. The molecule has 10 heteroatoms. The van der Waals surface area contributed by atoms with Gasteiger partial charge in [0.2, 0.25) is 5.88 Å². The van der Waals surface area contributed by atoms with Gasteiger partial charge in [-0.2, -0.15) is 0 Å². The third-order valence-electron chi connectivity index (χ3n) is 6.02. The van der Waals surface area contributed by atoms with Crippen molar-refractivity contribution in [1.82, 2.24) is 15.0 Å². The van der Waals surface area contributed by atoms with Crippen LogP contribution in [-0.4, -0.2) is 54.0 Å². The summed E-state index contributed by atoms with van der Waals surface area (Å²) in [6, 6.07) is 9.96. The fourth-order valence-corrected chi connectivity index (χ4v) is 4.29. The second-order valence-electron chi connectivity index (χ2n) is 8.21. The van der Waals surface area contributed by atoms with Crippen LogP contribution < -0.4 is 14.8 Å². The van der Waals surface area contributed by atoms with Gasteiger partial charge in [-0.25, -0.2) is 14.2 Å². The van der Waals surface area contributed by atoms with Crippen LogP contribution in [0.15, 0.2) is 42.6 Å². The Morgan fingerprint density at radius 2 is 2.09 bits per heavy atom. The van der Waals surface area contributed by atoms with Crippen LogP contribution >= 0.6 is 0 Å². The molecule has 2 aliphatic rings. The summed E-state index contributed by atoms with van der Waals surface area (Å²) in [5.41, 5.74) is 4.45. The number of aromatic amines is 1. The Hall–Kier alpha value is -4.18. The first-order chi connectivity index (χ1) is 17.1. The van der Waals surface area contributed by atoms with E-state index in [-0.39, 0.29) is 18.5 Å². The summed E-state index contributed by atoms with van der Waals surface area (Å²) >= 11 is 0. The number of fused-ring (bicyclic) bond motifs is 2. The number of aromatic nitrogens is 3. The number of carbonyl (C=O) groups excluding carboxylic acids is 1. The van der Waals surface area contributed by atoms with E-state index in [1.165, 1.54) is 13.2 Å². The van der Waals surface area contributed by atoms with E-state index in [2.05, 4.69) is 15.3 Å². The zero-order valence-electron chi connectivity index (χ0n) is 18.8. The molecule has 3 aromatic heterocycles. The molecule has 0 atom stereocenters. The standard InChI is InChI=1S/C25H21FN4O5/c1-32-24-15(26)3-2-4-18(24)29-23-20-16(8-10-34-25(20)31)28-22(23)14-7-9-27-17-5-6-19(30-21(14)17)35-13-11-33-12-13/h2-7,9,13,28-29H,8,10-12H2,1H3. The smallest absolute Gasteiger partial charge is 0.342 e. The maximum absolute atomic E-state index is 14.4. The number of hydrogen-bond acceptors (Lipinski definition) is 8. The molecular formula is C25H21FN4O5. The zero-order chi connectivity index (χ0) is 23.9. The Balaban J connectivity index is 1.52. The molecule has 0 aliphatic carbocycles. The van der Waals surface area contributed by atoms with Gasteiger partial charge in [0.25, 0.3) is 0 Å². The van der Waals surface area contributed by atoms with E-state index in [9.17, 15) is 9.18 Å². The molecule has 6 rings (SSSR count). The van der Waals surface area contributed by atoms with Crippen LogP contribution in [-0.2, 0) is 15.9 Å². The molecule has 178 valence electrons. The van der Waals surface area contributed by atoms with Crippen molar-refractivity contribution in [2.24, 2.45) is 0 Å². The lowest BCUT2D eigenvalue weighted by Gasteiger charge is -2.26. The fourth-order valence-electron chi connectivity index (χ4n) is 4.29. The minimum atomic E-state index is -0.524. The molecule has 2 N–H and O–H groups in total. The van der Waals surface area contributed by atoms with Crippen molar-refractivity contribution in [1.29, 1.82) is 0 Å². The topological polar surface area (TPSA) is 108 Å². The summed E-state index contributed by atoms with van der Waals surface area (Å²) in [7, 11) is 1.39. The molecule has 4 aromatic rings. The van der Waals surface area contributed by atoms with Gasteiger partial charge in [-0.15, -0.1) is 0 Å². The first-order valence-corrected chi connectivity index (χ1v) is 11.1. The van der Waals surface area contributed by atoms with Crippen molar-refractivity contribution in [3.05, 3.63) is 59.7 Å². The lowest BCUT2D eigenvalue weighted by atomic mass is 10.1. The van der Waals surface area contributed by atoms with E-state index in [0.29, 0.717) is 64.7 Å². The average molecular weight is 476 g/mol. The number of carbonyl (C=O) groups is 1. The van der Waals surface area contributed by atoms with Crippen molar-refractivity contribution in [2.75, 3.05) is 32.2 Å². The molecule has 0 spiro atoms. The fraction of sp³-hybridized carbons (Fsp3) is 0.240. The summed E-state index contributed by atoms with van der Waals surface area (Å²) in [6.45, 7) is 1.31. The highest BCUT2D eigenvalue weighted by atomic mass is 19.1. The number of nitrogens with zero attached hydrogens (tertiary/aromatic N) is 2. The highest BCUT2D eigenvalue weighted by Crippen LogP contribution is 2.41. The van der Waals surface area contributed by atoms with Crippen LogP contribution in [0.3, 0.4) is 0 Å². The lowest BCUT2D eigenvalue weighted by molar-refractivity contribution is -0.0812. The number of ether oxygens (including phenoxy) is 4. The highest BCUT2D eigenvalue weighted by Gasteiger charge is 2.30. The zero-order valence-corrected chi connectivity index (χ0v) is 18.8. The van der Waals surface area contributed by atoms with E-state index in [4.69, 9.17) is 23.9 Å². The number of anilines is 2. The molecular weight excluding hydrogens is 455 g/mol. The normalized spacial score (nSPS) is 15.3. The number of benzene rings is 1. The summed E-state index contributed by atoms with van der Waals surface area (Å²) in [4.78, 5) is 25.3. The molecule has 0 radical (unpaired) electrons. The molecule has 1 saturated heterocycles. The van der Waals surface area contributed by atoms with Crippen LogP contribution in [0.4, 0.5) is 15.8 Å². The predicted octanol–water partition coefficient (Wildman–Crippen LogP) is 4.01. The minimum Gasteiger partial charge on any atom is -0.492 e. The minimum absolute atomic E-state index is 0.0358. The van der Waals surface area contributed by atoms with E-state index in [1.807, 2.05) is 12.1 Å². The maximum Gasteiger partial charge on any atom is 0.342 e. The van der Waals surface area contributed by atoms with Gasteiger partial charge in [0, 0.05) is 29.9 Å². The first kappa shape index (κ1) is 21.4. The van der Waals surface area contributed by atoms with Crippen molar-refractivity contribution in [3.63, 3.8) is 0 Å². The number of halogens is 1.